The standard InChI is InChI=1S/C19H23ClN2O2S/c1-5-22(12-15-10-11-16(20)25-15)18(24)14-8-6-13(7-9-14)17(23)21-19(2,3)4/h6-11H,5,12H2,1-4H3,(H,21,23). The quantitative estimate of drug-likeness (QED) is 0.827. The Balaban J connectivity index is 2.09. The molecule has 1 aromatic heterocycles. The van der Waals surface area contributed by atoms with Gasteiger partial charge in [0.2, 0.25) is 0 Å². The van der Waals surface area contributed by atoms with E-state index in [0.717, 1.165) is 4.88 Å². The predicted octanol–water partition coefficient (Wildman–Crippen LogP) is 4.59. The third kappa shape index (κ3) is 5.58. The molecule has 134 valence electrons. The van der Waals surface area contributed by atoms with E-state index in [2.05, 4.69) is 5.32 Å². The van der Waals surface area contributed by atoms with E-state index in [9.17, 15) is 9.59 Å². The van der Waals surface area contributed by atoms with Gasteiger partial charge >= 0.3 is 0 Å². The first-order valence-corrected chi connectivity index (χ1v) is 9.35. The average Bonchev–Trinajstić information content (AvgIpc) is 2.95. The Bertz CT molecular complexity index is 748. The lowest BCUT2D eigenvalue weighted by molar-refractivity contribution is 0.0753. The van der Waals surface area contributed by atoms with Crippen molar-refractivity contribution in [1.29, 1.82) is 0 Å². The molecular weight excluding hydrogens is 356 g/mol. The zero-order chi connectivity index (χ0) is 18.6. The molecule has 0 bridgehead atoms. The Labute approximate surface area is 157 Å². The molecule has 0 aliphatic heterocycles. The number of thiophene rings is 1. The molecular formula is C19H23ClN2O2S. The number of rotatable bonds is 5. The van der Waals surface area contributed by atoms with E-state index in [-0.39, 0.29) is 17.4 Å². The van der Waals surface area contributed by atoms with Crippen LogP contribution in [0.25, 0.3) is 0 Å². The second kappa shape index (κ2) is 8.02. The van der Waals surface area contributed by atoms with Crippen molar-refractivity contribution in [2.75, 3.05) is 6.54 Å². The molecule has 0 fully saturated rings. The minimum Gasteiger partial charge on any atom is -0.347 e. The summed E-state index contributed by atoms with van der Waals surface area (Å²) in [5.41, 5.74) is 0.809. The molecule has 2 amide bonds. The van der Waals surface area contributed by atoms with Crippen molar-refractivity contribution >= 4 is 34.8 Å². The zero-order valence-corrected chi connectivity index (χ0v) is 16.5. The Morgan fingerprint density at radius 3 is 2.16 bits per heavy atom. The van der Waals surface area contributed by atoms with Crippen molar-refractivity contribution in [3.8, 4) is 0 Å². The van der Waals surface area contributed by atoms with E-state index in [1.807, 2.05) is 39.8 Å². The average molecular weight is 379 g/mol. The van der Waals surface area contributed by atoms with E-state index >= 15 is 0 Å². The highest BCUT2D eigenvalue weighted by Gasteiger charge is 2.18. The Kier molecular flexibility index (Phi) is 6.25. The fourth-order valence-corrected chi connectivity index (χ4v) is 3.41. The maximum Gasteiger partial charge on any atom is 0.254 e. The van der Waals surface area contributed by atoms with Crippen LogP contribution in [0.2, 0.25) is 4.34 Å². The molecule has 1 aromatic carbocycles. The first-order chi connectivity index (χ1) is 11.7. The summed E-state index contributed by atoms with van der Waals surface area (Å²) in [6.45, 7) is 8.86. The van der Waals surface area contributed by atoms with Crippen LogP contribution in [-0.4, -0.2) is 28.8 Å². The number of hydrogen-bond donors (Lipinski definition) is 1. The van der Waals surface area contributed by atoms with Crippen molar-refractivity contribution in [2.45, 2.75) is 39.8 Å². The van der Waals surface area contributed by atoms with E-state index in [1.54, 1.807) is 29.2 Å². The number of nitrogens with zero attached hydrogens (tertiary/aromatic N) is 1. The number of benzene rings is 1. The lowest BCUT2D eigenvalue weighted by Crippen LogP contribution is -2.40. The maximum atomic E-state index is 12.7. The first kappa shape index (κ1) is 19.5. The zero-order valence-electron chi connectivity index (χ0n) is 14.9. The highest BCUT2D eigenvalue weighted by molar-refractivity contribution is 7.16. The van der Waals surface area contributed by atoms with Gasteiger partial charge in [0.15, 0.2) is 0 Å². The van der Waals surface area contributed by atoms with Gasteiger partial charge in [0.25, 0.3) is 11.8 Å². The van der Waals surface area contributed by atoms with Crippen LogP contribution in [0.3, 0.4) is 0 Å². The van der Waals surface area contributed by atoms with Crippen molar-refractivity contribution in [3.63, 3.8) is 0 Å². The second-order valence-corrected chi connectivity index (χ2v) is 8.61. The molecule has 25 heavy (non-hydrogen) atoms. The molecule has 0 saturated heterocycles. The van der Waals surface area contributed by atoms with Crippen molar-refractivity contribution in [3.05, 3.63) is 56.7 Å². The number of halogens is 1. The van der Waals surface area contributed by atoms with Gasteiger partial charge < -0.3 is 10.2 Å². The molecule has 6 heteroatoms. The van der Waals surface area contributed by atoms with Crippen molar-refractivity contribution in [1.82, 2.24) is 10.2 Å². The van der Waals surface area contributed by atoms with Crippen molar-refractivity contribution in [2.24, 2.45) is 0 Å². The van der Waals surface area contributed by atoms with Crippen molar-refractivity contribution < 1.29 is 9.59 Å². The SMILES string of the molecule is CCN(Cc1ccc(Cl)s1)C(=O)c1ccc(C(=O)NC(C)(C)C)cc1. The fraction of sp³-hybridized carbons (Fsp3) is 0.368. The Morgan fingerprint density at radius 2 is 1.68 bits per heavy atom. The van der Waals surface area contributed by atoms with Crippen LogP contribution in [0.15, 0.2) is 36.4 Å². The van der Waals surface area contributed by atoms with E-state index in [4.69, 9.17) is 11.6 Å². The van der Waals surface area contributed by atoms with Crippen LogP contribution in [-0.2, 0) is 6.54 Å². The minimum atomic E-state index is -0.299. The van der Waals surface area contributed by atoms with Gasteiger partial charge in [-0.1, -0.05) is 11.6 Å². The predicted molar refractivity (Wildman–Crippen MR) is 103 cm³/mol. The molecule has 0 atom stereocenters. The molecule has 0 aliphatic rings. The third-order valence-corrected chi connectivity index (χ3v) is 4.74. The van der Waals surface area contributed by atoms with Crippen LogP contribution in [0.5, 0.6) is 0 Å². The molecule has 0 unspecified atom stereocenters. The van der Waals surface area contributed by atoms with Gasteiger partial charge in [-0.3, -0.25) is 9.59 Å². The molecule has 1 N–H and O–H groups in total. The smallest absolute Gasteiger partial charge is 0.254 e. The highest BCUT2D eigenvalue weighted by Crippen LogP contribution is 2.23. The summed E-state index contributed by atoms with van der Waals surface area (Å²) in [6.07, 6.45) is 0. The highest BCUT2D eigenvalue weighted by atomic mass is 35.5. The summed E-state index contributed by atoms with van der Waals surface area (Å²) in [7, 11) is 0. The maximum absolute atomic E-state index is 12.7. The molecule has 4 nitrogen and oxygen atoms in total. The molecule has 1 heterocycles. The summed E-state index contributed by atoms with van der Waals surface area (Å²) < 4.78 is 0.715. The number of carbonyl (C=O) groups excluding carboxylic acids is 2. The summed E-state index contributed by atoms with van der Waals surface area (Å²) in [4.78, 5) is 27.7. The molecule has 2 aromatic rings. The number of carbonyl (C=O) groups is 2. The third-order valence-electron chi connectivity index (χ3n) is 3.53. The van der Waals surface area contributed by atoms with Crippen LogP contribution in [0, 0.1) is 0 Å². The topological polar surface area (TPSA) is 49.4 Å². The largest absolute Gasteiger partial charge is 0.347 e. The van der Waals surface area contributed by atoms with E-state index in [0.29, 0.717) is 28.6 Å². The van der Waals surface area contributed by atoms with Crippen LogP contribution < -0.4 is 5.32 Å². The van der Waals surface area contributed by atoms with Gasteiger partial charge in [-0.15, -0.1) is 11.3 Å². The lowest BCUT2D eigenvalue weighted by atomic mass is 10.1. The molecule has 0 aliphatic carbocycles. The number of hydrogen-bond acceptors (Lipinski definition) is 3. The Hall–Kier alpha value is -1.85. The monoisotopic (exact) mass is 378 g/mol. The van der Waals surface area contributed by atoms with E-state index < -0.39 is 0 Å². The summed E-state index contributed by atoms with van der Waals surface area (Å²) >= 11 is 7.43. The van der Waals surface area contributed by atoms with Gasteiger partial charge in [0.1, 0.15) is 0 Å². The van der Waals surface area contributed by atoms with Gasteiger partial charge in [0.05, 0.1) is 10.9 Å². The number of amides is 2. The summed E-state index contributed by atoms with van der Waals surface area (Å²) in [5, 5.41) is 2.91. The summed E-state index contributed by atoms with van der Waals surface area (Å²) in [5.74, 6) is -0.207. The molecule has 0 spiro atoms. The van der Waals surface area contributed by atoms with Gasteiger partial charge in [-0.05, 0) is 64.1 Å². The second-order valence-electron chi connectivity index (χ2n) is 6.81. The molecule has 0 radical (unpaired) electrons. The first-order valence-electron chi connectivity index (χ1n) is 8.15. The lowest BCUT2D eigenvalue weighted by Gasteiger charge is -2.21. The summed E-state index contributed by atoms with van der Waals surface area (Å²) in [6, 6.07) is 10.5. The van der Waals surface area contributed by atoms with E-state index in [1.165, 1.54) is 11.3 Å². The van der Waals surface area contributed by atoms with Crippen LogP contribution in [0.1, 0.15) is 53.3 Å². The van der Waals surface area contributed by atoms with Gasteiger partial charge in [-0.2, -0.15) is 0 Å². The van der Waals surface area contributed by atoms with Gasteiger partial charge in [0, 0.05) is 28.1 Å². The minimum absolute atomic E-state index is 0.0604. The Morgan fingerprint density at radius 1 is 1.08 bits per heavy atom. The van der Waals surface area contributed by atoms with Crippen LogP contribution >= 0.6 is 22.9 Å². The van der Waals surface area contributed by atoms with Gasteiger partial charge in [-0.25, -0.2) is 0 Å². The number of nitrogens with one attached hydrogen (secondary N) is 1. The molecule has 2 rings (SSSR count). The van der Waals surface area contributed by atoms with Crippen LogP contribution in [0.4, 0.5) is 0 Å². The fourth-order valence-electron chi connectivity index (χ4n) is 2.31. The molecule has 0 saturated carbocycles. The normalized spacial score (nSPS) is 11.2.